The third kappa shape index (κ3) is 3.35. The van der Waals surface area contributed by atoms with Gasteiger partial charge in [0, 0.05) is 18.2 Å². The zero-order valence-electron chi connectivity index (χ0n) is 12.2. The van der Waals surface area contributed by atoms with Gasteiger partial charge in [-0.1, -0.05) is 30.3 Å². The van der Waals surface area contributed by atoms with Crippen molar-refractivity contribution in [2.75, 3.05) is 19.8 Å². The predicted molar refractivity (Wildman–Crippen MR) is 80.8 cm³/mol. The van der Waals surface area contributed by atoms with E-state index in [-0.39, 0.29) is 12.7 Å². The topological polar surface area (TPSA) is 45.8 Å². The minimum atomic E-state index is -0.0928. The molecular formula is C17H21NO3. The van der Waals surface area contributed by atoms with Crippen molar-refractivity contribution in [3.63, 3.8) is 0 Å². The fourth-order valence-corrected chi connectivity index (χ4v) is 2.63. The van der Waals surface area contributed by atoms with E-state index in [2.05, 4.69) is 11.8 Å². The van der Waals surface area contributed by atoms with E-state index < -0.39 is 0 Å². The van der Waals surface area contributed by atoms with Crippen LogP contribution in [0.1, 0.15) is 12.7 Å². The van der Waals surface area contributed by atoms with Crippen LogP contribution < -0.4 is 0 Å². The van der Waals surface area contributed by atoms with Crippen LogP contribution in [0.5, 0.6) is 0 Å². The van der Waals surface area contributed by atoms with Crippen LogP contribution in [0.3, 0.4) is 0 Å². The maximum atomic E-state index is 9.24. The first-order chi connectivity index (χ1) is 10.3. The molecule has 1 aliphatic heterocycles. The highest BCUT2D eigenvalue weighted by Crippen LogP contribution is 2.23. The summed E-state index contributed by atoms with van der Waals surface area (Å²) in [5.74, 6) is 1.84. The van der Waals surface area contributed by atoms with Gasteiger partial charge in [0.15, 0.2) is 0 Å². The Bertz CT molecular complexity index is 566. The maximum Gasteiger partial charge on any atom is 0.134 e. The lowest BCUT2D eigenvalue weighted by molar-refractivity contribution is -0.0819. The molecule has 2 heterocycles. The Morgan fingerprint density at radius 3 is 2.76 bits per heavy atom. The average molecular weight is 287 g/mol. The molecule has 4 heteroatoms. The van der Waals surface area contributed by atoms with E-state index in [9.17, 15) is 5.11 Å². The van der Waals surface area contributed by atoms with E-state index in [0.29, 0.717) is 12.6 Å². The van der Waals surface area contributed by atoms with Crippen LogP contribution in [0.2, 0.25) is 0 Å². The Labute approximate surface area is 124 Å². The number of morpholine rings is 1. The van der Waals surface area contributed by atoms with Gasteiger partial charge in [-0.25, -0.2) is 0 Å². The molecule has 1 saturated heterocycles. The van der Waals surface area contributed by atoms with Gasteiger partial charge in [-0.15, -0.1) is 0 Å². The Balaban J connectivity index is 1.69. The summed E-state index contributed by atoms with van der Waals surface area (Å²) in [7, 11) is 0. The summed E-state index contributed by atoms with van der Waals surface area (Å²) in [6.45, 7) is 4.33. The van der Waals surface area contributed by atoms with Gasteiger partial charge in [0.25, 0.3) is 0 Å². The van der Waals surface area contributed by atoms with Gasteiger partial charge in [0.05, 0.1) is 25.9 Å². The molecule has 1 fully saturated rings. The summed E-state index contributed by atoms with van der Waals surface area (Å²) in [6, 6.07) is 14.5. The number of hydrogen-bond donors (Lipinski definition) is 1. The number of ether oxygens (including phenoxy) is 1. The molecule has 1 aliphatic rings. The molecule has 4 nitrogen and oxygen atoms in total. The third-order valence-electron chi connectivity index (χ3n) is 3.92. The van der Waals surface area contributed by atoms with Gasteiger partial charge >= 0.3 is 0 Å². The molecule has 0 aliphatic carbocycles. The third-order valence-corrected chi connectivity index (χ3v) is 3.92. The largest absolute Gasteiger partial charge is 0.460 e. The second-order valence-corrected chi connectivity index (χ2v) is 5.55. The van der Waals surface area contributed by atoms with Crippen LogP contribution >= 0.6 is 0 Å². The fraction of sp³-hybridized carbons (Fsp3) is 0.412. The Morgan fingerprint density at radius 1 is 1.19 bits per heavy atom. The molecule has 21 heavy (non-hydrogen) atoms. The molecule has 2 aromatic rings. The quantitative estimate of drug-likeness (QED) is 0.938. The molecule has 0 spiro atoms. The van der Waals surface area contributed by atoms with E-state index in [4.69, 9.17) is 9.15 Å². The van der Waals surface area contributed by atoms with Gasteiger partial charge in [0.1, 0.15) is 11.5 Å². The van der Waals surface area contributed by atoms with E-state index in [1.807, 2.05) is 42.5 Å². The molecule has 0 bridgehead atoms. The van der Waals surface area contributed by atoms with E-state index in [0.717, 1.165) is 30.2 Å². The van der Waals surface area contributed by atoms with E-state index in [1.165, 1.54) is 0 Å². The van der Waals surface area contributed by atoms with Crippen LogP contribution in [0.25, 0.3) is 11.3 Å². The zero-order valence-corrected chi connectivity index (χ0v) is 12.2. The standard InChI is InChI=1S/C17H21NO3/c1-13-12-20-16(11-19)10-18(13)9-15-7-8-17(21-15)14-5-3-2-4-6-14/h2-8,13,16,19H,9-12H2,1H3. The fourth-order valence-electron chi connectivity index (χ4n) is 2.63. The molecule has 0 saturated carbocycles. The van der Waals surface area contributed by atoms with Crippen molar-refractivity contribution in [2.45, 2.75) is 25.6 Å². The van der Waals surface area contributed by atoms with Crippen LogP contribution in [0, 0.1) is 0 Å². The van der Waals surface area contributed by atoms with Crippen molar-refractivity contribution in [3.8, 4) is 11.3 Å². The molecule has 0 amide bonds. The van der Waals surface area contributed by atoms with Gasteiger partial charge in [-0.2, -0.15) is 0 Å². The molecule has 1 aromatic heterocycles. The van der Waals surface area contributed by atoms with Crippen LogP contribution in [-0.2, 0) is 11.3 Å². The summed E-state index contributed by atoms with van der Waals surface area (Å²) in [5.41, 5.74) is 1.09. The normalized spacial score (nSPS) is 23.3. The number of hydrogen-bond acceptors (Lipinski definition) is 4. The first-order valence-corrected chi connectivity index (χ1v) is 7.37. The van der Waals surface area contributed by atoms with Crippen LogP contribution in [0.4, 0.5) is 0 Å². The lowest BCUT2D eigenvalue weighted by Gasteiger charge is -2.36. The number of aliphatic hydroxyl groups is 1. The molecule has 3 rings (SSSR count). The Hall–Kier alpha value is -1.62. The van der Waals surface area contributed by atoms with Crippen LogP contribution in [0.15, 0.2) is 46.9 Å². The van der Waals surface area contributed by atoms with Gasteiger partial charge in [-0.05, 0) is 19.1 Å². The van der Waals surface area contributed by atoms with Crippen molar-refractivity contribution < 1.29 is 14.3 Å². The number of benzene rings is 1. The van der Waals surface area contributed by atoms with Gasteiger partial charge in [-0.3, -0.25) is 4.90 Å². The Kier molecular flexibility index (Phi) is 4.39. The van der Waals surface area contributed by atoms with Crippen molar-refractivity contribution >= 4 is 0 Å². The minimum absolute atomic E-state index is 0.0661. The highest BCUT2D eigenvalue weighted by Gasteiger charge is 2.26. The number of nitrogens with zero attached hydrogens (tertiary/aromatic N) is 1. The summed E-state index contributed by atoms with van der Waals surface area (Å²) >= 11 is 0. The smallest absolute Gasteiger partial charge is 0.134 e. The highest BCUT2D eigenvalue weighted by molar-refractivity contribution is 5.57. The SMILES string of the molecule is CC1COC(CO)CN1Cc1ccc(-c2ccccc2)o1. The molecule has 2 atom stereocenters. The number of rotatable bonds is 4. The molecule has 112 valence electrons. The summed E-state index contributed by atoms with van der Waals surface area (Å²) in [4.78, 5) is 2.29. The number of furan rings is 1. The second-order valence-electron chi connectivity index (χ2n) is 5.55. The average Bonchev–Trinajstić information content (AvgIpc) is 2.99. The van der Waals surface area contributed by atoms with Gasteiger partial charge < -0.3 is 14.3 Å². The molecular weight excluding hydrogens is 266 g/mol. The second kappa shape index (κ2) is 6.43. The number of aliphatic hydroxyl groups excluding tert-OH is 1. The lowest BCUT2D eigenvalue weighted by Crippen LogP contribution is -2.48. The van der Waals surface area contributed by atoms with Crippen molar-refractivity contribution in [3.05, 3.63) is 48.2 Å². The summed E-state index contributed by atoms with van der Waals surface area (Å²) in [5, 5.41) is 9.24. The molecule has 0 radical (unpaired) electrons. The zero-order chi connectivity index (χ0) is 14.7. The minimum Gasteiger partial charge on any atom is -0.460 e. The maximum absolute atomic E-state index is 9.24. The predicted octanol–water partition coefficient (Wildman–Crippen LogP) is 2.53. The summed E-state index contributed by atoms with van der Waals surface area (Å²) in [6.07, 6.45) is -0.0928. The van der Waals surface area contributed by atoms with Crippen molar-refractivity contribution in [2.24, 2.45) is 0 Å². The Morgan fingerprint density at radius 2 is 2.00 bits per heavy atom. The molecule has 1 N–H and O–H groups in total. The first-order valence-electron chi connectivity index (χ1n) is 7.37. The highest BCUT2D eigenvalue weighted by atomic mass is 16.5. The lowest BCUT2D eigenvalue weighted by atomic mass is 10.2. The monoisotopic (exact) mass is 287 g/mol. The van der Waals surface area contributed by atoms with Crippen molar-refractivity contribution in [1.29, 1.82) is 0 Å². The molecule has 2 unspecified atom stereocenters. The van der Waals surface area contributed by atoms with Gasteiger partial charge in [0.2, 0.25) is 0 Å². The van der Waals surface area contributed by atoms with Crippen LogP contribution in [-0.4, -0.2) is 41.9 Å². The summed E-state index contributed by atoms with van der Waals surface area (Å²) < 4.78 is 11.5. The first kappa shape index (κ1) is 14.3. The van der Waals surface area contributed by atoms with E-state index in [1.54, 1.807) is 0 Å². The van der Waals surface area contributed by atoms with E-state index >= 15 is 0 Å². The van der Waals surface area contributed by atoms with Crippen molar-refractivity contribution in [1.82, 2.24) is 4.90 Å². The molecule has 1 aromatic carbocycles.